The second kappa shape index (κ2) is 6.51. The molecule has 1 atom stereocenters. The predicted octanol–water partition coefficient (Wildman–Crippen LogP) is 4.53. The van der Waals surface area contributed by atoms with Gasteiger partial charge in [-0.1, -0.05) is 45.7 Å². The van der Waals surface area contributed by atoms with E-state index in [-0.39, 0.29) is 11.7 Å². The fourth-order valence-electron chi connectivity index (χ4n) is 2.02. The molecule has 0 amide bonds. The van der Waals surface area contributed by atoms with Gasteiger partial charge >= 0.3 is 0 Å². The third-order valence-corrected chi connectivity index (χ3v) is 3.87. The first-order valence-corrected chi connectivity index (χ1v) is 7.16. The lowest BCUT2D eigenvalue weighted by molar-refractivity contribution is 0.590. The molecular weight excluding hydrogens is 329 g/mol. The van der Waals surface area contributed by atoms with Crippen LogP contribution in [0.15, 0.2) is 46.9 Å². The van der Waals surface area contributed by atoms with Crippen LogP contribution < -0.4 is 5.73 Å². The largest absolute Gasteiger partial charge is 0.330 e. The van der Waals surface area contributed by atoms with E-state index in [9.17, 15) is 4.39 Å². The van der Waals surface area contributed by atoms with Crippen LogP contribution in [0, 0.1) is 5.82 Å². The lowest BCUT2D eigenvalue weighted by Gasteiger charge is -2.16. The summed E-state index contributed by atoms with van der Waals surface area (Å²) in [4.78, 5) is 0. The monoisotopic (exact) mass is 341 g/mol. The smallest absolute Gasteiger partial charge is 0.127 e. The molecule has 0 saturated heterocycles. The summed E-state index contributed by atoms with van der Waals surface area (Å²) in [6.45, 7) is 0.476. The minimum atomic E-state index is -0.275. The molecule has 2 aromatic carbocycles. The molecule has 0 aliphatic carbocycles. The summed E-state index contributed by atoms with van der Waals surface area (Å²) in [5.41, 5.74) is 7.56. The SMILES string of the molecule is NCC(Cc1ccc(Cl)cc1F)c1ccc(Br)cc1. The number of hydrogen-bond acceptors (Lipinski definition) is 1. The first-order chi connectivity index (χ1) is 9.10. The van der Waals surface area contributed by atoms with Crippen LogP contribution in [0.2, 0.25) is 5.02 Å². The summed E-state index contributed by atoms with van der Waals surface area (Å²) in [6, 6.07) is 12.7. The first-order valence-electron chi connectivity index (χ1n) is 5.99. The molecule has 0 aliphatic rings. The molecular formula is C15H14BrClFN. The third kappa shape index (κ3) is 3.78. The number of nitrogens with two attached hydrogens (primary N) is 1. The van der Waals surface area contributed by atoms with Gasteiger partial charge in [-0.2, -0.15) is 0 Å². The standard InChI is InChI=1S/C15H14BrClFN/c16-13-4-1-10(2-5-13)12(9-19)7-11-3-6-14(17)8-15(11)18/h1-6,8,12H,7,9,19H2. The lowest BCUT2D eigenvalue weighted by atomic mass is 9.92. The van der Waals surface area contributed by atoms with Crippen molar-refractivity contribution in [3.63, 3.8) is 0 Å². The molecule has 0 saturated carbocycles. The zero-order valence-corrected chi connectivity index (χ0v) is 12.6. The van der Waals surface area contributed by atoms with E-state index in [0.717, 1.165) is 10.0 Å². The van der Waals surface area contributed by atoms with Gasteiger partial charge in [0.1, 0.15) is 5.82 Å². The van der Waals surface area contributed by atoms with Gasteiger partial charge in [0.05, 0.1) is 0 Å². The number of halogens is 3. The Balaban J connectivity index is 2.21. The molecule has 2 rings (SSSR count). The minimum Gasteiger partial charge on any atom is -0.330 e. The molecule has 0 fully saturated rings. The highest BCUT2D eigenvalue weighted by molar-refractivity contribution is 9.10. The van der Waals surface area contributed by atoms with Gasteiger partial charge in [-0.25, -0.2) is 4.39 Å². The maximum absolute atomic E-state index is 13.8. The third-order valence-electron chi connectivity index (χ3n) is 3.11. The topological polar surface area (TPSA) is 26.0 Å². The van der Waals surface area contributed by atoms with E-state index in [4.69, 9.17) is 17.3 Å². The molecule has 0 heterocycles. The summed E-state index contributed by atoms with van der Waals surface area (Å²) < 4.78 is 14.8. The molecule has 2 aromatic rings. The average Bonchev–Trinajstić information content (AvgIpc) is 2.39. The Bertz CT molecular complexity index is 557. The van der Waals surface area contributed by atoms with Gasteiger partial charge in [-0.3, -0.25) is 0 Å². The van der Waals surface area contributed by atoms with Crippen molar-refractivity contribution in [2.24, 2.45) is 5.73 Å². The molecule has 1 nitrogen and oxygen atoms in total. The lowest BCUT2D eigenvalue weighted by Crippen LogP contribution is -2.15. The molecule has 0 radical (unpaired) electrons. The van der Waals surface area contributed by atoms with E-state index in [1.165, 1.54) is 6.07 Å². The highest BCUT2D eigenvalue weighted by atomic mass is 79.9. The van der Waals surface area contributed by atoms with Crippen LogP contribution in [-0.4, -0.2) is 6.54 Å². The van der Waals surface area contributed by atoms with E-state index >= 15 is 0 Å². The van der Waals surface area contributed by atoms with E-state index in [0.29, 0.717) is 23.6 Å². The van der Waals surface area contributed by atoms with Crippen LogP contribution in [0.5, 0.6) is 0 Å². The summed E-state index contributed by atoms with van der Waals surface area (Å²) in [5.74, 6) is -0.174. The van der Waals surface area contributed by atoms with Crippen LogP contribution in [0.3, 0.4) is 0 Å². The molecule has 0 aromatic heterocycles. The van der Waals surface area contributed by atoms with Crippen LogP contribution in [-0.2, 0) is 6.42 Å². The number of benzene rings is 2. The van der Waals surface area contributed by atoms with Crippen molar-refractivity contribution < 1.29 is 4.39 Å². The summed E-state index contributed by atoms with van der Waals surface area (Å²) in [6.07, 6.45) is 0.571. The zero-order valence-electron chi connectivity index (χ0n) is 10.2. The normalized spacial score (nSPS) is 12.4. The van der Waals surface area contributed by atoms with Gasteiger partial charge in [0.15, 0.2) is 0 Å². The zero-order chi connectivity index (χ0) is 13.8. The molecule has 0 bridgehead atoms. The minimum absolute atomic E-state index is 0.101. The number of hydrogen-bond donors (Lipinski definition) is 1. The van der Waals surface area contributed by atoms with E-state index in [2.05, 4.69) is 15.9 Å². The van der Waals surface area contributed by atoms with E-state index < -0.39 is 0 Å². The van der Waals surface area contributed by atoms with Gasteiger partial charge < -0.3 is 5.73 Å². The van der Waals surface area contributed by atoms with Crippen molar-refractivity contribution in [2.75, 3.05) is 6.54 Å². The Hall–Kier alpha value is -0.900. The highest BCUT2D eigenvalue weighted by Crippen LogP contribution is 2.24. The summed E-state index contributed by atoms with van der Waals surface area (Å²) >= 11 is 9.15. The highest BCUT2D eigenvalue weighted by Gasteiger charge is 2.13. The Labute approximate surface area is 125 Å². The first kappa shape index (κ1) is 14.5. The molecule has 1 unspecified atom stereocenters. The predicted molar refractivity (Wildman–Crippen MR) is 81.1 cm³/mol. The van der Waals surface area contributed by atoms with Crippen molar-refractivity contribution in [3.05, 3.63) is 68.9 Å². The summed E-state index contributed by atoms with van der Waals surface area (Å²) in [7, 11) is 0. The van der Waals surface area contributed by atoms with Gasteiger partial charge in [0.25, 0.3) is 0 Å². The van der Waals surface area contributed by atoms with Crippen LogP contribution in [0.1, 0.15) is 17.0 Å². The molecule has 0 spiro atoms. The Kier molecular flexibility index (Phi) is 4.97. The quantitative estimate of drug-likeness (QED) is 0.868. The van der Waals surface area contributed by atoms with Gasteiger partial charge in [-0.15, -0.1) is 0 Å². The van der Waals surface area contributed by atoms with Crippen molar-refractivity contribution in [1.82, 2.24) is 0 Å². The van der Waals surface area contributed by atoms with Crippen LogP contribution in [0.4, 0.5) is 4.39 Å². The van der Waals surface area contributed by atoms with Gasteiger partial charge in [0.2, 0.25) is 0 Å². The fraction of sp³-hybridized carbons (Fsp3) is 0.200. The van der Waals surface area contributed by atoms with E-state index in [1.807, 2.05) is 24.3 Å². The molecule has 4 heteroatoms. The van der Waals surface area contributed by atoms with E-state index in [1.54, 1.807) is 12.1 Å². The average molecular weight is 343 g/mol. The van der Waals surface area contributed by atoms with Crippen LogP contribution in [0.25, 0.3) is 0 Å². The second-order valence-corrected chi connectivity index (χ2v) is 5.78. The Morgan fingerprint density at radius 1 is 1.16 bits per heavy atom. The Morgan fingerprint density at radius 2 is 1.84 bits per heavy atom. The summed E-state index contributed by atoms with van der Waals surface area (Å²) in [5, 5.41) is 0.411. The van der Waals surface area contributed by atoms with Crippen molar-refractivity contribution >= 4 is 27.5 Å². The maximum Gasteiger partial charge on any atom is 0.127 e. The second-order valence-electron chi connectivity index (χ2n) is 4.42. The fourth-order valence-corrected chi connectivity index (χ4v) is 2.45. The molecule has 19 heavy (non-hydrogen) atoms. The maximum atomic E-state index is 13.8. The molecule has 100 valence electrons. The van der Waals surface area contributed by atoms with Crippen LogP contribution >= 0.6 is 27.5 Å². The molecule has 0 aliphatic heterocycles. The Morgan fingerprint density at radius 3 is 2.42 bits per heavy atom. The van der Waals surface area contributed by atoms with Crippen molar-refractivity contribution in [3.8, 4) is 0 Å². The number of rotatable bonds is 4. The van der Waals surface area contributed by atoms with Gasteiger partial charge in [0, 0.05) is 15.4 Å². The molecule has 2 N–H and O–H groups in total. The van der Waals surface area contributed by atoms with Crippen molar-refractivity contribution in [2.45, 2.75) is 12.3 Å². The van der Waals surface area contributed by atoms with Gasteiger partial charge in [-0.05, 0) is 48.4 Å². The van der Waals surface area contributed by atoms with Crippen molar-refractivity contribution in [1.29, 1.82) is 0 Å².